The molecule has 6 aromatic carbocycles. The van der Waals surface area contributed by atoms with Crippen molar-refractivity contribution in [2.24, 2.45) is 4.99 Å². The molecule has 252 valence electrons. The molecule has 10 rings (SSSR count). The van der Waals surface area contributed by atoms with Crippen LogP contribution in [-0.4, -0.2) is 16.3 Å². The highest BCUT2D eigenvalue weighted by Gasteiger charge is 2.38. The molecular formula is C48H40N3O+. The SMILES string of the molecule is C=C1CC2N=C(/C=C\CCC)c3ccccc3C2CCc2ccc3c(oc4ccccc43)c2-c2n1c1ccccc1[n+]2-c1ccc2ccccc2c1. The van der Waals surface area contributed by atoms with Gasteiger partial charge in [0.25, 0.3) is 0 Å². The summed E-state index contributed by atoms with van der Waals surface area (Å²) in [5.41, 5.74) is 12.4. The van der Waals surface area contributed by atoms with Crippen molar-refractivity contribution in [3.8, 4) is 17.1 Å². The predicted octanol–water partition coefficient (Wildman–Crippen LogP) is 11.8. The standard InChI is InChI=1S/C48H40N3O/c1-3-4-5-19-41-37-17-9-8-16-36(37)38-27-24-33-25-28-40-39-18-10-13-22-45(39)52-47(40)46(33)48-50(31(2)29-42(38)49-41)43-20-11-12-21-44(43)51(48)35-26-23-32-14-6-7-15-34(32)30-35/h5-23,25-26,28,30,38,42H,2-4,24,27,29H2,1H3/q+1/b19-5-. The molecule has 52 heavy (non-hydrogen) atoms. The largest absolute Gasteiger partial charge is 0.455 e. The Bertz CT molecular complexity index is 2770. The van der Waals surface area contributed by atoms with Gasteiger partial charge in [0.05, 0.1) is 11.8 Å². The zero-order valence-electron chi connectivity index (χ0n) is 29.4. The number of para-hydroxylation sites is 3. The highest BCUT2D eigenvalue weighted by molar-refractivity contribution is 6.11. The summed E-state index contributed by atoms with van der Waals surface area (Å²) >= 11 is 0. The fourth-order valence-electron chi connectivity index (χ4n) is 8.85. The third kappa shape index (κ3) is 4.81. The first kappa shape index (κ1) is 30.8. The smallest absolute Gasteiger partial charge is 0.304 e. The molecule has 0 saturated carbocycles. The van der Waals surface area contributed by atoms with Crippen LogP contribution in [-0.2, 0) is 6.42 Å². The van der Waals surface area contributed by atoms with Gasteiger partial charge < -0.3 is 4.42 Å². The quantitative estimate of drug-likeness (QED) is 0.171. The molecule has 2 unspecified atom stereocenters. The number of aromatic nitrogens is 2. The van der Waals surface area contributed by atoms with Gasteiger partial charge >= 0.3 is 5.82 Å². The molecule has 0 saturated heterocycles. The van der Waals surface area contributed by atoms with E-state index in [9.17, 15) is 0 Å². The van der Waals surface area contributed by atoms with E-state index in [1.165, 1.54) is 27.5 Å². The van der Waals surface area contributed by atoms with E-state index in [-0.39, 0.29) is 12.0 Å². The second kappa shape index (κ2) is 12.3. The third-order valence-corrected chi connectivity index (χ3v) is 11.3. The molecule has 0 radical (unpaired) electrons. The van der Waals surface area contributed by atoms with Gasteiger partial charge in [0.15, 0.2) is 16.6 Å². The van der Waals surface area contributed by atoms with Gasteiger partial charge in [-0.2, -0.15) is 9.13 Å². The van der Waals surface area contributed by atoms with E-state index < -0.39 is 0 Å². The van der Waals surface area contributed by atoms with Crippen LogP contribution in [0.1, 0.15) is 55.2 Å². The maximum atomic E-state index is 6.91. The Balaban J connectivity index is 1.28. The fraction of sp³-hybridized carbons (Fsp3) is 0.167. The lowest BCUT2D eigenvalue weighted by Crippen LogP contribution is -2.34. The number of imidazole rings is 1. The van der Waals surface area contributed by atoms with E-state index in [4.69, 9.17) is 16.0 Å². The van der Waals surface area contributed by atoms with E-state index >= 15 is 0 Å². The van der Waals surface area contributed by atoms with Crippen LogP contribution in [0, 0.1) is 0 Å². The molecule has 8 aromatic rings. The molecule has 0 N–H and O–H groups in total. The monoisotopic (exact) mass is 674 g/mol. The Labute approximate surface area is 303 Å². The summed E-state index contributed by atoms with van der Waals surface area (Å²) in [7, 11) is 0. The number of furan rings is 1. The van der Waals surface area contributed by atoms with E-state index in [1.54, 1.807) is 0 Å². The second-order valence-electron chi connectivity index (χ2n) is 14.4. The lowest BCUT2D eigenvalue weighted by molar-refractivity contribution is -0.555. The molecule has 0 amide bonds. The molecule has 0 bridgehead atoms. The van der Waals surface area contributed by atoms with Gasteiger partial charge in [0, 0.05) is 28.7 Å². The van der Waals surface area contributed by atoms with Crippen LogP contribution < -0.4 is 4.57 Å². The third-order valence-electron chi connectivity index (χ3n) is 11.3. The summed E-state index contributed by atoms with van der Waals surface area (Å²) in [5, 5.41) is 4.70. The zero-order valence-corrected chi connectivity index (χ0v) is 29.4. The minimum Gasteiger partial charge on any atom is -0.455 e. The van der Waals surface area contributed by atoms with Crippen LogP contribution in [0.25, 0.3) is 66.5 Å². The zero-order chi connectivity index (χ0) is 34.8. The minimum atomic E-state index is 0.0586. The van der Waals surface area contributed by atoms with Crippen LogP contribution in [0.3, 0.4) is 0 Å². The van der Waals surface area contributed by atoms with Gasteiger partial charge in [-0.1, -0.05) is 123 Å². The Kier molecular flexibility index (Phi) is 7.31. The highest BCUT2D eigenvalue weighted by Crippen LogP contribution is 2.45. The molecule has 0 aliphatic carbocycles. The summed E-state index contributed by atoms with van der Waals surface area (Å²) in [6, 6.07) is 46.2. The van der Waals surface area contributed by atoms with E-state index in [2.05, 4.69) is 156 Å². The first-order chi connectivity index (χ1) is 25.7. The number of hydrogen-bond acceptors (Lipinski definition) is 2. The van der Waals surface area contributed by atoms with Crippen LogP contribution in [0.15, 0.2) is 156 Å². The molecule has 4 nitrogen and oxygen atoms in total. The van der Waals surface area contributed by atoms with Gasteiger partial charge in [0.2, 0.25) is 0 Å². The lowest BCUT2D eigenvalue weighted by atomic mass is 9.78. The molecular weight excluding hydrogens is 635 g/mol. The molecule has 2 atom stereocenters. The van der Waals surface area contributed by atoms with Crippen LogP contribution >= 0.6 is 0 Å². The number of aliphatic imine (C=N–C) groups is 1. The number of benzene rings is 6. The topological polar surface area (TPSA) is 34.3 Å². The summed E-state index contributed by atoms with van der Waals surface area (Å²) in [4.78, 5) is 5.56. The first-order valence-electron chi connectivity index (χ1n) is 18.7. The van der Waals surface area contributed by atoms with Crippen LogP contribution in [0.2, 0.25) is 0 Å². The Morgan fingerprint density at radius 1 is 0.846 bits per heavy atom. The number of fused-ring (bicyclic) bond motifs is 13. The predicted molar refractivity (Wildman–Crippen MR) is 216 cm³/mol. The summed E-state index contributed by atoms with van der Waals surface area (Å²) < 4.78 is 11.8. The minimum absolute atomic E-state index is 0.0586. The van der Waals surface area contributed by atoms with Gasteiger partial charge in [-0.05, 0) is 77.6 Å². The number of nitrogens with zero attached hydrogens (tertiary/aromatic N) is 3. The van der Waals surface area contributed by atoms with Gasteiger partial charge in [-0.3, -0.25) is 4.99 Å². The average molecular weight is 675 g/mol. The molecule has 2 aliphatic heterocycles. The van der Waals surface area contributed by atoms with Crippen molar-refractivity contribution in [2.75, 3.05) is 0 Å². The molecule has 0 spiro atoms. The van der Waals surface area contributed by atoms with Crippen LogP contribution in [0.5, 0.6) is 0 Å². The Hall–Kier alpha value is -6.00. The van der Waals surface area contributed by atoms with Crippen molar-refractivity contribution in [1.82, 2.24) is 4.57 Å². The average Bonchev–Trinajstić information content (AvgIpc) is 3.73. The number of unbranched alkanes of at least 4 members (excludes halogenated alkanes) is 1. The second-order valence-corrected chi connectivity index (χ2v) is 14.4. The molecule has 4 heterocycles. The number of rotatable bonds is 4. The lowest BCUT2D eigenvalue weighted by Gasteiger charge is -2.32. The van der Waals surface area contributed by atoms with Gasteiger partial charge in [0.1, 0.15) is 22.5 Å². The van der Waals surface area contributed by atoms with Crippen molar-refractivity contribution >= 4 is 55.2 Å². The Morgan fingerprint density at radius 3 is 2.58 bits per heavy atom. The van der Waals surface area contributed by atoms with Crippen molar-refractivity contribution in [3.05, 3.63) is 163 Å². The van der Waals surface area contributed by atoms with Gasteiger partial charge in [-0.25, -0.2) is 0 Å². The van der Waals surface area contributed by atoms with E-state index in [0.29, 0.717) is 0 Å². The van der Waals surface area contributed by atoms with Crippen molar-refractivity contribution in [3.63, 3.8) is 0 Å². The van der Waals surface area contributed by atoms with Crippen molar-refractivity contribution in [1.29, 1.82) is 0 Å². The van der Waals surface area contributed by atoms with E-state index in [1.807, 2.05) is 0 Å². The summed E-state index contributed by atoms with van der Waals surface area (Å²) in [6.45, 7) is 7.14. The van der Waals surface area contributed by atoms with Gasteiger partial charge in [-0.15, -0.1) is 0 Å². The maximum absolute atomic E-state index is 6.91. The van der Waals surface area contributed by atoms with E-state index in [0.717, 1.165) is 93.6 Å². The molecule has 2 aromatic heterocycles. The summed E-state index contributed by atoms with van der Waals surface area (Å²) in [5.74, 6) is 1.33. The highest BCUT2D eigenvalue weighted by atomic mass is 16.3. The fourth-order valence-corrected chi connectivity index (χ4v) is 8.85. The molecule has 0 fully saturated rings. The molecule has 2 aliphatic rings. The van der Waals surface area contributed by atoms with Crippen LogP contribution in [0.4, 0.5) is 0 Å². The normalized spacial score (nSPS) is 17.3. The Morgan fingerprint density at radius 2 is 1.65 bits per heavy atom. The number of hydrogen-bond donors (Lipinski definition) is 0. The maximum Gasteiger partial charge on any atom is 0.304 e. The first-order valence-corrected chi connectivity index (χ1v) is 18.7. The number of aryl methyl sites for hydroxylation is 1. The van der Waals surface area contributed by atoms with Crippen molar-refractivity contribution in [2.45, 2.75) is 51.0 Å². The number of allylic oxidation sites excluding steroid dienone is 2. The molecule has 4 heteroatoms. The van der Waals surface area contributed by atoms with Crippen molar-refractivity contribution < 1.29 is 8.98 Å². The summed E-state index contributed by atoms with van der Waals surface area (Å²) in [6.07, 6.45) is 9.29.